The zero-order chi connectivity index (χ0) is 16.4. The third-order valence-corrected chi connectivity index (χ3v) is 4.01. The second-order valence-electron chi connectivity index (χ2n) is 5.90. The molecule has 0 atom stereocenters. The van der Waals surface area contributed by atoms with E-state index in [1.165, 1.54) is 0 Å². The van der Waals surface area contributed by atoms with Crippen LogP contribution in [0.4, 0.5) is 0 Å². The Morgan fingerprint density at radius 1 is 1.22 bits per heavy atom. The van der Waals surface area contributed by atoms with E-state index in [4.69, 9.17) is 4.74 Å². The van der Waals surface area contributed by atoms with Gasteiger partial charge in [-0.1, -0.05) is 0 Å². The van der Waals surface area contributed by atoms with E-state index in [9.17, 15) is 4.79 Å². The Bertz CT molecular complexity index is 900. The molecule has 2 heterocycles. The molecule has 2 aromatic heterocycles. The summed E-state index contributed by atoms with van der Waals surface area (Å²) in [5.41, 5.74) is 1.65. The molecule has 5 nitrogen and oxygen atoms in total. The van der Waals surface area contributed by atoms with Crippen LogP contribution in [0, 0.1) is 0 Å². The van der Waals surface area contributed by atoms with Gasteiger partial charge in [0.05, 0.1) is 23.4 Å². The van der Waals surface area contributed by atoms with E-state index in [0.717, 1.165) is 30.7 Å². The average Bonchev–Trinajstić information content (AvgIpc) is 2.57. The second-order valence-corrected chi connectivity index (χ2v) is 5.90. The van der Waals surface area contributed by atoms with Gasteiger partial charge in [-0.3, -0.25) is 4.79 Å². The summed E-state index contributed by atoms with van der Waals surface area (Å²) < 4.78 is 7.41. The summed E-state index contributed by atoms with van der Waals surface area (Å²) in [6.45, 7) is 1.80. The molecule has 0 aliphatic carbocycles. The maximum atomic E-state index is 12.8. The Hall–Kier alpha value is -2.40. The van der Waals surface area contributed by atoms with Gasteiger partial charge in [-0.05, 0) is 57.4 Å². The molecule has 3 aromatic rings. The Morgan fingerprint density at radius 2 is 2.04 bits per heavy atom. The summed E-state index contributed by atoms with van der Waals surface area (Å²) in [5.74, 6) is 0.692. The maximum Gasteiger partial charge on any atom is 0.198 e. The van der Waals surface area contributed by atoms with Crippen molar-refractivity contribution in [3.05, 3.63) is 46.8 Å². The quantitative estimate of drug-likeness (QED) is 0.679. The van der Waals surface area contributed by atoms with Crippen LogP contribution in [0.5, 0.6) is 5.75 Å². The molecule has 1 aromatic carbocycles. The Morgan fingerprint density at radius 3 is 2.78 bits per heavy atom. The highest BCUT2D eigenvalue weighted by molar-refractivity contribution is 5.92. The molecule has 0 spiro atoms. The molecule has 120 valence electrons. The highest BCUT2D eigenvalue weighted by atomic mass is 16.5. The molecule has 0 aliphatic heterocycles. The van der Waals surface area contributed by atoms with Gasteiger partial charge in [-0.15, -0.1) is 0 Å². The fraction of sp³-hybridized carbons (Fsp3) is 0.333. The van der Waals surface area contributed by atoms with Gasteiger partial charge >= 0.3 is 0 Å². The van der Waals surface area contributed by atoms with E-state index >= 15 is 0 Å². The summed E-state index contributed by atoms with van der Waals surface area (Å²) in [5, 5.41) is 1.33. The lowest BCUT2D eigenvalue weighted by Gasteiger charge is -2.16. The van der Waals surface area contributed by atoms with E-state index in [1.54, 1.807) is 19.4 Å². The van der Waals surface area contributed by atoms with Crippen molar-refractivity contribution in [1.82, 2.24) is 14.5 Å². The van der Waals surface area contributed by atoms with Crippen molar-refractivity contribution in [2.75, 3.05) is 27.7 Å². The summed E-state index contributed by atoms with van der Waals surface area (Å²) in [7, 11) is 5.73. The van der Waals surface area contributed by atoms with Crippen molar-refractivity contribution in [2.24, 2.45) is 0 Å². The minimum Gasteiger partial charge on any atom is -0.497 e. The van der Waals surface area contributed by atoms with Gasteiger partial charge in [0.1, 0.15) is 11.4 Å². The van der Waals surface area contributed by atoms with Gasteiger partial charge in [0, 0.05) is 12.7 Å². The molecule has 0 bridgehead atoms. The number of fused-ring (bicyclic) bond motifs is 2. The molecular formula is C18H21N3O2. The van der Waals surface area contributed by atoms with Gasteiger partial charge in [-0.25, -0.2) is 4.98 Å². The normalized spacial score (nSPS) is 11.5. The van der Waals surface area contributed by atoms with E-state index in [1.807, 2.05) is 24.3 Å². The SMILES string of the molecule is COc1ccc2c(c1)c(=O)c1cccnc1n2CCCN(C)C. The molecule has 0 saturated heterocycles. The smallest absolute Gasteiger partial charge is 0.198 e. The second kappa shape index (κ2) is 6.38. The van der Waals surface area contributed by atoms with Crippen molar-refractivity contribution < 1.29 is 4.74 Å². The van der Waals surface area contributed by atoms with Crippen molar-refractivity contribution in [1.29, 1.82) is 0 Å². The van der Waals surface area contributed by atoms with Crippen molar-refractivity contribution in [2.45, 2.75) is 13.0 Å². The van der Waals surface area contributed by atoms with Crippen LogP contribution in [0.3, 0.4) is 0 Å². The molecule has 0 radical (unpaired) electrons. The molecule has 23 heavy (non-hydrogen) atoms. The molecule has 0 aliphatic rings. The topological polar surface area (TPSA) is 47.4 Å². The lowest BCUT2D eigenvalue weighted by Crippen LogP contribution is -2.17. The molecule has 3 rings (SSSR count). The maximum absolute atomic E-state index is 12.8. The molecule has 0 unspecified atom stereocenters. The number of aromatic nitrogens is 2. The monoisotopic (exact) mass is 311 g/mol. The van der Waals surface area contributed by atoms with Crippen LogP contribution in [-0.4, -0.2) is 42.2 Å². The summed E-state index contributed by atoms with van der Waals surface area (Å²) >= 11 is 0. The van der Waals surface area contributed by atoms with Crippen LogP contribution in [0.1, 0.15) is 6.42 Å². The van der Waals surface area contributed by atoms with Gasteiger partial charge in [0.15, 0.2) is 5.43 Å². The van der Waals surface area contributed by atoms with Crippen molar-refractivity contribution in [3.8, 4) is 5.75 Å². The third-order valence-electron chi connectivity index (χ3n) is 4.01. The van der Waals surface area contributed by atoms with E-state index < -0.39 is 0 Å². The van der Waals surface area contributed by atoms with Gasteiger partial charge in [0.2, 0.25) is 0 Å². The Balaban J connectivity index is 2.24. The van der Waals surface area contributed by atoms with Crippen molar-refractivity contribution >= 4 is 21.9 Å². The average molecular weight is 311 g/mol. The van der Waals surface area contributed by atoms with Crippen LogP contribution < -0.4 is 10.2 Å². The molecule has 0 saturated carbocycles. The third kappa shape index (κ3) is 2.92. The number of aryl methyl sites for hydroxylation is 1. The number of hydrogen-bond donors (Lipinski definition) is 0. The zero-order valence-electron chi connectivity index (χ0n) is 13.7. The Kier molecular flexibility index (Phi) is 4.30. The number of pyridine rings is 2. The van der Waals surface area contributed by atoms with E-state index in [-0.39, 0.29) is 5.43 Å². The van der Waals surface area contributed by atoms with Gasteiger partial charge < -0.3 is 14.2 Å². The van der Waals surface area contributed by atoms with Crippen LogP contribution in [-0.2, 0) is 6.54 Å². The van der Waals surface area contributed by atoms with Crippen LogP contribution in [0.15, 0.2) is 41.3 Å². The van der Waals surface area contributed by atoms with Crippen LogP contribution >= 0.6 is 0 Å². The predicted molar refractivity (Wildman–Crippen MR) is 93.2 cm³/mol. The van der Waals surface area contributed by atoms with Crippen molar-refractivity contribution in [3.63, 3.8) is 0 Å². The van der Waals surface area contributed by atoms with Gasteiger partial charge in [0.25, 0.3) is 0 Å². The highest BCUT2D eigenvalue weighted by Gasteiger charge is 2.12. The van der Waals surface area contributed by atoms with Crippen LogP contribution in [0.25, 0.3) is 21.9 Å². The highest BCUT2D eigenvalue weighted by Crippen LogP contribution is 2.22. The first-order chi connectivity index (χ1) is 11.1. The lowest BCUT2D eigenvalue weighted by atomic mass is 10.1. The number of rotatable bonds is 5. The first-order valence-corrected chi connectivity index (χ1v) is 7.72. The summed E-state index contributed by atoms with van der Waals surface area (Å²) in [6.07, 6.45) is 2.72. The van der Waals surface area contributed by atoms with E-state index in [0.29, 0.717) is 16.5 Å². The molecule has 0 fully saturated rings. The summed E-state index contributed by atoms with van der Waals surface area (Å²) in [6, 6.07) is 9.29. The lowest BCUT2D eigenvalue weighted by molar-refractivity contribution is 0.389. The molecule has 5 heteroatoms. The standard InChI is InChI=1S/C18H21N3O2/c1-20(2)10-5-11-21-16-8-7-13(23-3)12-15(16)17(22)14-6-4-9-19-18(14)21/h4,6-9,12H,5,10-11H2,1-3H3. The molecule has 0 amide bonds. The fourth-order valence-electron chi connectivity index (χ4n) is 2.88. The number of benzene rings is 1. The fourth-order valence-corrected chi connectivity index (χ4v) is 2.88. The predicted octanol–water partition coefficient (Wildman–Crippen LogP) is 2.51. The number of nitrogens with zero attached hydrogens (tertiary/aromatic N) is 3. The zero-order valence-corrected chi connectivity index (χ0v) is 13.7. The van der Waals surface area contributed by atoms with E-state index in [2.05, 4.69) is 28.5 Å². The number of ether oxygens (including phenoxy) is 1. The number of hydrogen-bond acceptors (Lipinski definition) is 4. The first kappa shape index (κ1) is 15.5. The minimum atomic E-state index is 0.00543. The minimum absolute atomic E-state index is 0.00543. The first-order valence-electron chi connectivity index (χ1n) is 7.72. The van der Waals surface area contributed by atoms with Gasteiger partial charge in [-0.2, -0.15) is 0 Å². The molecular weight excluding hydrogens is 290 g/mol. The summed E-state index contributed by atoms with van der Waals surface area (Å²) in [4.78, 5) is 19.4. The Labute approximate surface area is 135 Å². The number of methoxy groups -OCH3 is 1. The molecule has 0 N–H and O–H groups in total. The largest absolute Gasteiger partial charge is 0.497 e. The van der Waals surface area contributed by atoms with Crippen LogP contribution in [0.2, 0.25) is 0 Å².